The van der Waals surface area contributed by atoms with Crippen molar-refractivity contribution in [2.45, 2.75) is 39.0 Å². The predicted octanol–water partition coefficient (Wildman–Crippen LogP) is 2.67. The van der Waals surface area contributed by atoms with E-state index in [-0.39, 0.29) is 0 Å². The van der Waals surface area contributed by atoms with Crippen molar-refractivity contribution in [3.05, 3.63) is 16.1 Å². The van der Waals surface area contributed by atoms with Crippen molar-refractivity contribution in [2.24, 2.45) is 0 Å². The van der Waals surface area contributed by atoms with Crippen molar-refractivity contribution in [2.75, 3.05) is 0 Å². The fourth-order valence-electron chi connectivity index (χ4n) is 1.29. The van der Waals surface area contributed by atoms with E-state index < -0.39 is 11.9 Å². The molecule has 0 aliphatic heterocycles. The second-order valence-corrected chi connectivity index (χ2v) is 4.10. The van der Waals surface area contributed by atoms with Crippen LogP contribution in [0.3, 0.4) is 0 Å². The van der Waals surface area contributed by atoms with E-state index >= 15 is 0 Å². The molecule has 0 spiro atoms. The van der Waals surface area contributed by atoms with Gasteiger partial charge < -0.3 is 5.11 Å². The summed E-state index contributed by atoms with van der Waals surface area (Å²) in [5.74, 6) is -1.17. The van der Waals surface area contributed by atoms with Crippen LogP contribution in [-0.4, -0.2) is 16.1 Å². The number of aliphatic carboxylic acids is 1. The molecule has 0 fully saturated rings. The zero-order valence-electron chi connectivity index (χ0n) is 8.49. The molecule has 3 nitrogen and oxygen atoms in total. The average Bonchev–Trinajstić information content (AvgIpc) is 2.61. The fourth-order valence-corrected chi connectivity index (χ4v) is 2.32. The zero-order valence-corrected chi connectivity index (χ0v) is 9.30. The summed E-state index contributed by atoms with van der Waals surface area (Å²) in [7, 11) is 0. The molecule has 0 amide bonds. The van der Waals surface area contributed by atoms with Crippen LogP contribution in [0.4, 0.5) is 0 Å². The predicted molar refractivity (Wildman–Crippen MR) is 56.8 cm³/mol. The molecule has 14 heavy (non-hydrogen) atoms. The average molecular weight is 213 g/mol. The topological polar surface area (TPSA) is 50.2 Å². The van der Waals surface area contributed by atoms with Gasteiger partial charge in [-0.25, -0.2) is 4.98 Å². The lowest BCUT2D eigenvalue weighted by Gasteiger charge is -2.06. The molecule has 1 aromatic heterocycles. The van der Waals surface area contributed by atoms with Gasteiger partial charge in [-0.1, -0.05) is 20.3 Å². The molecule has 1 N–H and O–H groups in total. The van der Waals surface area contributed by atoms with E-state index in [1.54, 1.807) is 0 Å². The Bertz CT molecular complexity index is 309. The van der Waals surface area contributed by atoms with E-state index in [1.807, 2.05) is 19.2 Å². The Morgan fingerprint density at radius 2 is 2.36 bits per heavy atom. The van der Waals surface area contributed by atoms with E-state index in [9.17, 15) is 4.79 Å². The Balaban J connectivity index is 2.81. The molecular formula is C10H15NO2S. The summed E-state index contributed by atoms with van der Waals surface area (Å²) in [6.45, 7) is 4.01. The van der Waals surface area contributed by atoms with Gasteiger partial charge in [0, 0.05) is 5.38 Å². The highest BCUT2D eigenvalue weighted by molar-refractivity contribution is 7.09. The van der Waals surface area contributed by atoms with Crippen molar-refractivity contribution < 1.29 is 9.90 Å². The minimum absolute atomic E-state index is 0.412. The molecule has 0 aliphatic carbocycles. The molecule has 0 radical (unpaired) electrons. The van der Waals surface area contributed by atoms with E-state index in [0.717, 1.165) is 23.5 Å². The van der Waals surface area contributed by atoms with Crippen molar-refractivity contribution in [3.8, 4) is 0 Å². The normalized spacial score (nSPS) is 12.7. The Kier molecular flexibility index (Phi) is 4.07. The first-order chi connectivity index (χ1) is 6.69. The first-order valence-corrected chi connectivity index (χ1v) is 5.74. The third-order valence-corrected chi connectivity index (χ3v) is 3.11. The number of hydrogen-bond donors (Lipinski definition) is 1. The summed E-state index contributed by atoms with van der Waals surface area (Å²) in [5, 5.41) is 11.7. The van der Waals surface area contributed by atoms with Crippen LogP contribution in [0.5, 0.6) is 0 Å². The lowest BCUT2D eigenvalue weighted by atomic mass is 10.1. The number of rotatable bonds is 5. The smallest absolute Gasteiger partial charge is 0.313 e. The molecule has 0 aromatic carbocycles. The van der Waals surface area contributed by atoms with E-state index in [1.165, 1.54) is 11.3 Å². The molecule has 0 aliphatic rings. The van der Waals surface area contributed by atoms with Gasteiger partial charge in [-0.05, 0) is 12.8 Å². The van der Waals surface area contributed by atoms with Gasteiger partial charge in [0.15, 0.2) is 0 Å². The summed E-state index contributed by atoms with van der Waals surface area (Å²) >= 11 is 1.46. The molecule has 4 heteroatoms. The largest absolute Gasteiger partial charge is 0.481 e. The van der Waals surface area contributed by atoms with Crippen LogP contribution in [0.2, 0.25) is 0 Å². The molecule has 0 saturated carbocycles. The second-order valence-electron chi connectivity index (χ2n) is 3.21. The maximum Gasteiger partial charge on any atom is 0.313 e. The Labute approximate surface area is 87.8 Å². The molecular weight excluding hydrogens is 198 g/mol. The Morgan fingerprint density at radius 3 is 2.79 bits per heavy atom. The van der Waals surface area contributed by atoms with Crippen LogP contribution < -0.4 is 0 Å². The molecule has 1 rings (SSSR count). The minimum Gasteiger partial charge on any atom is -0.481 e. The van der Waals surface area contributed by atoms with Gasteiger partial charge in [0.1, 0.15) is 10.9 Å². The lowest BCUT2D eigenvalue weighted by Crippen LogP contribution is -2.11. The van der Waals surface area contributed by atoms with Crippen LogP contribution in [0.15, 0.2) is 5.38 Å². The van der Waals surface area contributed by atoms with E-state index in [2.05, 4.69) is 4.98 Å². The first-order valence-electron chi connectivity index (χ1n) is 4.86. The number of carboxylic acids is 1. The monoisotopic (exact) mass is 213 g/mol. The van der Waals surface area contributed by atoms with Gasteiger partial charge in [-0.2, -0.15) is 0 Å². The number of carbonyl (C=O) groups is 1. The number of aryl methyl sites for hydroxylation is 1. The van der Waals surface area contributed by atoms with Crippen LogP contribution in [0, 0.1) is 0 Å². The summed E-state index contributed by atoms with van der Waals surface area (Å²) < 4.78 is 0. The highest BCUT2D eigenvalue weighted by Crippen LogP contribution is 2.25. The van der Waals surface area contributed by atoms with Crippen LogP contribution in [0.25, 0.3) is 0 Å². The summed E-state index contributed by atoms with van der Waals surface area (Å²) in [6, 6.07) is 0. The highest BCUT2D eigenvalue weighted by atomic mass is 32.1. The summed E-state index contributed by atoms with van der Waals surface area (Å²) in [5.41, 5.74) is 0.993. The number of carboxylic acid groups (broad SMARTS) is 1. The van der Waals surface area contributed by atoms with Gasteiger partial charge in [0.2, 0.25) is 0 Å². The van der Waals surface area contributed by atoms with E-state index in [0.29, 0.717) is 6.42 Å². The molecule has 0 saturated heterocycles. The number of thiazole rings is 1. The van der Waals surface area contributed by atoms with E-state index in [4.69, 9.17) is 5.11 Å². The molecule has 1 unspecified atom stereocenters. The molecule has 1 atom stereocenters. The Hall–Kier alpha value is -0.900. The fraction of sp³-hybridized carbons (Fsp3) is 0.600. The highest BCUT2D eigenvalue weighted by Gasteiger charge is 2.21. The SMILES string of the molecule is CCCC(C(=O)O)c1nc(CC)cs1. The van der Waals surface area contributed by atoms with Gasteiger partial charge in [-0.15, -0.1) is 11.3 Å². The summed E-state index contributed by atoms with van der Waals surface area (Å²) in [6.07, 6.45) is 2.42. The van der Waals surface area contributed by atoms with Gasteiger partial charge in [0.05, 0.1) is 5.69 Å². The van der Waals surface area contributed by atoms with Crippen LogP contribution >= 0.6 is 11.3 Å². The Morgan fingerprint density at radius 1 is 1.64 bits per heavy atom. The lowest BCUT2D eigenvalue weighted by molar-refractivity contribution is -0.139. The minimum atomic E-state index is -0.760. The first kappa shape index (κ1) is 11.2. The standard InChI is InChI=1S/C10H15NO2S/c1-3-5-8(10(12)13)9-11-7(4-2)6-14-9/h6,8H,3-5H2,1-2H3,(H,12,13). The third kappa shape index (κ3) is 2.54. The van der Waals surface area contributed by atoms with Crippen LogP contribution in [0.1, 0.15) is 43.3 Å². The van der Waals surface area contributed by atoms with Crippen molar-refractivity contribution >= 4 is 17.3 Å². The maximum absolute atomic E-state index is 11.0. The number of hydrogen-bond acceptors (Lipinski definition) is 3. The molecule has 78 valence electrons. The zero-order chi connectivity index (χ0) is 10.6. The molecule has 0 bridgehead atoms. The van der Waals surface area contributed by atoms with Crippen molar-refractivity contribution in [1.29, 1.82) is 0 Å². The molecule has 1 aromatic rings. The summed E-state index contributed by atoms with van der Waals surface area (Å²) in [4.78, 5) is 15.3. The third-order valence-electron chi connectivity index (χ3n) is 2.11. The van der Waals surface area contributed by atoms with Crippen molar-refractivity contribution in [1.82, 2.24) is 4.98 Å². The van der Waals surface area contributed by atoms with Gasteiger partial charge in [0.25, 0.3) is 0 Å². The van der Waals surface area contributed by atoms with Gasteiger partial charge in [-0.3, -0.25) is 4.79 Å². The molecule has 1 heterocycles. The second kappa shape index (κ2) is 5.10. The quantitative estimate of drug-likeness (QED) is 0.818. The van der Waals surface area contributed by atoms with Gasteiger partial charge >= 0.3 is 5.97 Å². The number of nitrogens with zero attached hydrogens (tertiary/aromatic N) is 1. The van der Waals surface area contributed by atoms with Crippen LogP contribution in [-0.2, 0) is 11.2 Å². The number of aromatic nitrogens is 1. The van der Waals surface area contributed by atoms with Crippen molar-refractivity contribution in [3.63, 3.8) is 0 Å². The maximum atomic E-state index is 11.0.